The minimum Gasteiger partial charge on any atom is -0.459 e. The Morgan fingerprint density at radius 2 is 1.70 bits per heavy atom. The average molecular weight is 328 g/mol. The molecule has 0 radical (unpaired) electrons. The smallest absolute Gasteiger partial charge is 0.410 e. The number of ether oxygens (including phenoxy) is 2. The van der Waals surface area contributed by atoms with Crippen LogP contribution in [0, 0.1) is 5.92 Å². The molecule has 1 atom stereocenters. The summed E-state index contributed by atoms with van der Waals surface area (Å²) in [5, 5.41) is 3.32. The van der Waals surface area contributed by atoms with Crippen LogP contribution < -0.4 is 5.32 Å². The maximum atomic E-state index is 12.4. The molecule has 1 aliphatic heterocycles. The van der Waals surface area contributed by atoms with Gasteiger partial charge in [0.25, 0.3) is 0 Å². The normalized spacial score (nSPS) is 19.1. The quantitative estimate of drug-likeness (QED) is 0.803. The van der Waals surface area contributed by atoms with Crippen molar-refractivity contribution in [2.75, 3.05) is 26.2 Å². The van der Waals surface area contributed by atoms with E-state index >= 15 is 0 Å². The SMILES string of the molecule is CC(C)(C)OC(=O)CN(CC1CCCNC1)C(=O)OC(C)(C)C. The molecule has 0 aromatic rings. The molecule has 1 saturated heterocycles. The first kappa shape index (κ1) is 19.7. The lowest BCUT2D eigenvalue weighted by Gasteiger charge is -2.32. The van der Waals surface area contributed by atoms with Gasteiger partial charge in [0, 0.05) is 6.54 Å². The van der Waals surface area contributed by atoms with Gasteiger partial charge in [0.2, 0.25) is 0 Å². The van der Waals surface area contributed by atoms with Crippen LogP contribution in [0.25, 0.3) is 0 Å². The number of nitrogens with one attached hydrogen (secondary N) is 1. The van der Waals surface area contributed by atoms with Crippen molar-refractivity contribution in [3.05, 3.63) is 0 Å². The zero-order valence-electron chi connectivity index (χ0n) is 15.4. The molecule has 1 N–H and O–H groups in total. The average Bonchev–Trinajstić information content (AvgIpc) is 2.34. The lowest BCUT2D eigenvalue weighted by molar-refractivity contribution is -0.156. The minimum atomic E-state index is -0.589. The molecule has 1 rings (SSSR count). The van der Waals surface area contributed by atoms with Crippen LogP contribution in [0.3, 0.4) is 0 Å². The maximum absolute atomic E-state index is 12.4. The van der Waals surface area contributed by atoms with Crippen LogP contribution in [0.5, 0.6) is 0 Å². The van der Waals surface area contributed by atoms with Crippen molar-refractivity contribution in [2.45, 2.75) is 65.6 Å². The Morgan fingerprint density at radius 3 is 2.17 bits per heavy atom. The third-order valence-electron chi connectivity index (χ3n) is 3.27. The third-order valence-corrected chi connectivity index (χ3v) is 3.27. The zero-order valence-corrected chi connectivity index (χ0v) is 15.4. The van der Waals surface area contributed by atoms with Gasteiger partial charge in [-0.3, -0.25) is 9.69 Å². The second kappa shape index (κ2) is 7.99. The molecule has 1 amide bonds. The van der Waals surface area contributed by atoms with Gasteiger partial charge in [0.15, 0.2) is 0 Å². The summed E-state index contributed by atoms with van der Waals surface area (Å²) >= 11 is 0. The van der Waals surface area contributed by atoms with Crippen molar-refractivity contribution in [1.29, 1.82) is 0 Å². The standard InChI is InChI=1S/C17H32N2O4/c1-16(2,3)22-14(20)12-19(15(21)23-17(4,5)6)11-13-8-7-9-18-10-13/h13,18H,7-12H2,1-6H3. The number of hydrogen-bond acceptors (Lipinski definition) is 5. The molecule has 0 aliphatic carbocycles. The van der Waals surface area contributed by atoms with E-state index in [0.29, 0.717) is 12.5 Å². The van der Waals surface area contributed by atoms with Gasteiger partial charge >= 0.3 is 12.1 Å². The molecule has 134 valence electrons. The summed E-state index contributed by atoms with van der Waals surface area (Å²) in [7, 11) is 0. The molecule has 1 fully saturated rings. The van der Waals surface area contributed by atoms with Crippen molar-refractivity contribution >= 4 is 12.1 Å². The van der Waals surface area contributed by atoms with Crippen molar-refractivity contribution in [1.82, 2.24) is 10.2 Å². The number of esters is 1. The molecule has 0 aromatic heterocycles. The number of piperidine rings is 1. The van der Waals surface area contributed by atoms with E-state index < -0.39 is 23.3 Å². The molecular formula is C17H32N2O4. The topological polar surface area (TPSA) is 67.9 Å². The minimum absolute atomic E-state index is 0.0807. The van der Waals surface area contributed by atoms with E-state index in [0.717, 1.165) is 25.9 Å². The van der Waals surface area contributed by atoms with Crippen molar-refractivity contribution in [3.8, 4) is 0 Å². The first-order valence-electron chi connectivity index (χ1n) is 8.37. The number of amides is 1. The molecule has 1 unspecified atom stereocenters. The maximum Gasteiger partial charge on any atom is 0.410 e. The fourth-order valence-electron chi connectivity index (χ4n) is 2.45. The second-order valence-electron chi connectivity index (χ2n) is 8.16. The van der Waals surface area contributed by atoms with E-state index in [1.54, 1.807) is 0 Å². The number of rotatable bonds is 4. The van der Waals surface area contributed by atoms with Crippen LogP contribution in [0.2, 0.25) is 0 Å². The van der Waals surface area contributed by atoms with Gasteiger partial charge in [-0.2, -0.15) is 0 Å². The molecule has 1 aliphatic rings. The highest BCUT2D eigenvalue weighted by molar-refractivity contribution is 5.78. The van der Waals surface area contributed by atoms with Gasteiger partial charge in [0.05, 0.1) is 0 Å². The number of carbonyl (C=O) groups excluding carboxylic acids is 2. The summed E-state index contributed by atoms with van der Waals surface area (Å²) < 4.78 is 10.8. The first-order chi connectivity index (χ1) is 10.5. The van der Waals surface area contributed by atoms with Crippen molar-refractivity contribution in [2.24, 2.45) is 5.92 Å². The Bertz CT molecular complexity index is 404. The molecule has 0 spiro atoms. The van der Waals surface area contributed by atoms with Crippen LogP contribution >= 0.6 is 0 Å². The Hall–Kier alpha value is -1.30. The van der Waals surface area contributed by atoms with E-state index in [4.69, 9.17) is 9.47 Å². The lowest BCUT2D eigenvalue weighted by Crippen LogP contribution is -2.46. The molecule has 1 heterocycles. The Kier molecular flexibility index (Phi) is 6.86. The predicted octanol–water partition coefficient (Wildman–Crippen LogP) is 2.56. The highest BCUT2D eigenvalue weighted by Gasteiger charge is 2.28. The zero-order chi connectivity index (χ0) is 17.7. The van der Waals surface area contributed by atoms with E-state index in [-0.39, 0.29) is 6.54 Å². The van der Waals surface area contributed by atoms with Crippen LogP contribution in [0.1, 0.15) is 54.4 Å². The van der Waals surface area contributed by atoms with Crippen LogP contribution in [0.15, 0.2) is 0 Å². The Labute approximate surface area is 139 Å². The summed E-state index contributed by atoms with van der Waals surface area (Å²) in [4.78, 5) is 26.0. The summed E-state index contributed by atoms with van der Waals surface area (Å²) in [6, 6.07) is 0. The molecule has 0 aromatic carbocycles. The highest BCUT2D eigenvalue weighted by atomic mass is 16.6. The molecule has 0 saturated carbocycles. The summed E-state index contributed by atoms with van der Waals surface area (Å²) in [6.07, 6.45) is 1.66. The molecule has 0 bridgehead atoms. The van der Waals surface area contributed by atoms with E-state index in [9.17, 15) is 9.59 Å². The second-order valence-corrected chi connectivity index (χ2v) is 8.16. The third kappa shape index (κ3) is 8.79. The number of nitrogens with zero attached hydrogens (tertiary/aromatic N) is 1. The van der Waals surface area contributed by atoms with Gasteiger partial charge in [-0.25, -0.2) is 4.79 Å². The number of carbonyl (C=O) groups is 2. The molecule has 6 heteroatoms. The molecule has 23 heavy (non-hydrogen) atoms. The van der Waals surface area contributed by atoms with Gasteiger partial charge < -0.3 is 14.8 Å². The van der Waals surface area contributed by atoms with Gasteiger partial charge in [-0.15, -0.1) is 0 Å². The van der Waals surface area contributed by atoms with E-state index in [1.807, 2.05) is 41.5 Å². The van der Waals surface area contributed by atoms with Gasteiger partial charge in [0.1, 0.15) is 17.7 Å². The Balaban J connectivity index is 2.70. The predicted molar refractivity (Wildman–Crippen MR) is 89.2 cm³/mol. The fourth-order valence-corrected chi connectivity index (χ4v) is 2.45. The van der Waals surface area contributed by atoms with Crippen LogP contribution in [-0.4, -0.2) is 54.3 Å². The fraction of sp³-hybridized carbons (Fsp3) is 0.882. The summed E-state index contributed by atoms with van der Waals surface area (Å²) in [5.41, 5.74) is -1.16. The van der Waals surface area contributed by atoms with E-state index in [1.165, 1.54) is 4.90 Å². The van der Waals surface area contributed by atoms with E-state index in [2.05, 4.69) is 5.32 Å². The highest BCUT2D eigenvalue weighted by Crippen LogP contribution is 2.16. The lowest BCUT2D eigenvalue weighted by atomic mass is 9.99. The molecular weight excluding hydrogens is 296 g/mol. The van der Waals surface area contributed by atoms with Gasteiger partial charge in [-0.05, 0) is 73.4 Å². The first-order valence-corrected chi connectivity index (χ1v) is 8.37. The summed E-state index contributed by atoms with van der Waals surface area (Å²) in [5.74, 6) is -0.0779. The summed E-state index contributed by atoms with van der Waals surface area (Å²) in [6.45, 7) is 13.2. The number of hydrogen-bond donors (Lipinski definition) is 1. The van der Waals surface area contributed by atoms with Crippen LogP contribution in [0.4, 0.5) is 4.79 Å². The van der Waals surface area contributed by atoms with Crippen molar-refractivity contribution < 1.29 is 19.1 Å². The molecule has 6 nitrogen and oxygen atoms in total. The largest absolute Gasteiger partial charge is 0.459 e. The van der Waals surface area contributed by atoms with Crippen LogP contribution in [-0.2, 0) is 14.3 Å². The monoisotopic (exact) mass is 328 g/mol. The van der Waals surface area contributed by atoms with Gasteiger partial charge in [-0.1, -0.05) is 0 Å². The van der Waals surface area contributed by atoms with Crippen molar-refractivity contribution in [3.63, 3.8) is 0 Å². The Morgan fingerprint density at radius 1 is 1.09 bits per heavy atom.